The van der Waals surface area contributed by atoms with Crippen molar-refractivity contribution < 1.29 is 14.3 Å². The summed E-state index contributed by atoms with van der Waals surface area (Å²) in [5.74, 6) is -0.155. The second-order valence-corrected chi connectivity index (χ2v) is 9.98. The van der Waals surface area contributed by atoms with Gasteiger partial charge in [0.1, 0.15) is 16.1 Å². The number of thiophene rings is 1. The van der Waals surface area contributed by atoms with Gasteiger partial charge in [-0.15, -0.1) is 11.3 Å². The number of nitrogens with zero attached hydrogens (tertiary/aromatic N) is 1. The Bertz CT molecular complexity index is 1630. The summed E-state index contributed by atoms with van der Waals surface area (Å²) in [4.78, 5) is 17.7. The average Bonchev–Trinajstić information content (AvgIpc) is 3.40. The molecule has 5 aromatic rings. The van der Waals surface area contributed by atoms with Crippen molar-refractivity contribution in [3.8, 4) is 17.2 Å². The van der Waals surface area contributed by atoms with Crippen LogP contribution in [0, 0.1) is 0 Å². The van der Waals surface area contributed by atoms with Gasteiger partial charge in [0.05, 0.1) is 10.6 Å². The summed E-state index contributed by atoms with van der Waals surface area (Å²) in [6.45, 7) is 2.06. The molecule has 0 atom stereocenters. The molecule has 176 valence electrons. The van der Waals surface area contributed by atoms with E-state index in [0.29, 0.717) is 37.3 Å². The Balaban J connectivity index is 1.35. The van der Waals surface area contributed by atoms with E-state index < -0.39 is 5.91 Å². The van der Waals surface area contributed by atoms with E-state index in [2.05, 4.69) is 22.5 Å². The lowest BCUT2D eigenvalue weighted by Gasteiger charge is -2.10. The molecule has 3 N–H and O–H groups in total. The highest BCUT2D eigenvalue weighted by Gasteiger charge is 2.19. The summed E-state index contributed by atoms with van der Waals surface area (Å²) < 4.78 is 6.65. The third kappa shape index (κ3) is 4.70. The summed E-state index contributed by atoms with van der Waals surface area (Å²) in [5, 5.41) is 17.7. The number of halogens is 2. The number of thiocarbonyl (C=S) groups is 1. The first-order valence-corrected chi connectivity index (χ1v) is 12.5. The van der Waals surface area contributed by atoms with Crippen LogP contribution in [-0.2, 0) is 6.42 Å². The quantitative estimate of drug-likeness (QED) is 0.162. The third-order valence-electron chi connectivity index (χ3n) is 5.37. The summed E-state index contributed by atoms with van der Waals surface area (Å²) >= 11 is 19.0. The monoisotopic (exact) mass is 541 g/mol. The van der Waals surface area contributed by atoms with Gasteiger partial charge in [0, 0.05) is 20.8 Å². The van der Waals surface area contributed by atoms with Gasteiger partial charge in [-0.05, 0) is 66.7 Å². The van der Waals surface area contributed by atoms with Gasteiger partial charge in [0.25, 0.3) is 5.91 Å². The molecule has 35 heavy (non-hydrogen) atoms. The first-order chi connectivity index (χ1) is 16.8. The smallest absolute Gasteiger partial charge is 0.269 e. The number of benzene rings is 3. The highest BCUT2D eigenvalue weighted by molar-refractivity contribution is 7.80. The molecule has 0 saturated carbocycles. The first kappa shape index (κ1) is 23.6. The maximum absolute atomic E-state index is 12.8. The fraction of sp³-hybridized carbons (Fsp3) is 0.0800. The van der Waals surface area contributed by atoms with Gasteiger partial charge in [0.2, 0.25) is 5.89 Å². The molecule has 0 saturated heterocycles. The molecular formula is C25H17Cl2N3O3S2. The van der Waals surface area contributed by atoms with E-state index in [1.807, 2.05) is 18.2 Å². The molecule has 0 fully saturated rings. The zero-order valence-corrected chi connectivity index (χ0v) is 21.3. The minimum Gasteiger partial charge on any atom is -0.507 e. The number of hydrogen-bond donors (Lipinski definition) is 3. The number of oxazole rings is 1. The van der Waals surface area contributed by atoms with Crippen molar-refractivity contribution in [2.75, 3.05) is 5.32 Å². The number of anilines is 1. The lowest BCUT2D eigenvalue weighted by Crippen LogP contribution is -2.33. The highest BCUT2D eigenvalue weighted by atomic mass is 35.5. The van der Waals surface area contributed by atoms with E-state index in [1.165, 1.54) is 17.4 Å². The topological polar surface area (TPSA) is 87.4 Å². The number of aryl methyl sites for hydroxylation is 1. The number of carbonyl (C=O) groups excluding carboxylic acids is 1. The number of aromatic hydroxyl groups is 1. The molecule has 0 aliphatic heterocycles. The number of aromatic nitrogens is 1. The minimum absolute atomic E-state index is 0.00323. The Hall–Kier alpha value is -3.17. The van der Waals surface area contributed by atoms with Crippen LogP contribution in [0.25, 0.3) is 32.6 Å². The zero-order valence-electron chi connectivity index (χ0n) is 18.2. The molecule has 0 radical (unpaired) electrons. The van der Waals surface area contributed by atoms with Crippen molar-refractivity contribution in [2.24, 2.45) is 0 Å². The van der Waals surface area contributed by atoms with Crippen LogP contribution >= 0.6 is 46.8 Å². The van der Waals surface area contributed by atoms with Crippen LogP contribution in [0.2, 0.25) is 10.0 Å². The Morgan fingerprint density at radius 2 is 1.97 bits per heavy atom. The van der Waals surface area contributed by atoms with Crippen LogP contribution in [0.4, 0.5) is 5.69 Å². The average molecular weight is 542 g/mol. The van der Waals surface area contributed by atoms with Gasteiger partial charge in [0.15, 0.2) is 10.7 Å². The summed E-state index contributed by atoms with van der Waals surface area (Å²) in [6.07, 6.45) is 0.881. The number of phenols is 1. The Labute approximate surface area is 219 Å². The second kappa shape index (κ2) is 9.47. The predicted octanol–water partition coefficient (Wildman–Crippen LogP) is 7.41. The maximum Gasteiger partial charge on any atom is 0.269 e. The largest absolute Gasteiger partial charge is 0.507 e. The molecule has 2 heterocycles. The van der Waals surface area contributed by atoms with E-state index in [-0.39, 0.29) is 16.8 Å². The van der Waals surface area contributed by atoms with Crippen molar-refractivity contribution in [3.05, 3.63) is 75.1 Å². The van der Waals surface area contributed by atoms with Crippen LogP contribution < -0.4 is 10.6 Å². The van der Waals surface area contributed by atoms with E-state index in [1.54, 1.807) is 30.3 Å². The van der Waals surface area contributed by atoms with Gasteiger partial charge >= 0.3 is 0 Å². The van der Waals surface area contributed by atoms with E-state index in [0.717, 1.165) is 22.1 Å². The van der Waals surface area contributed by atoms with E-state index >= 15 is 0 Å². The molecule has 6 nitrogen and oxygen atoms in total. The van der Waals surface area contributed by atoms with Gasteiger partial charge in [-0.25, -0.2) is 4.98 Å². The third-order valence-corrected chi connectivity index (χ3v) is 7.47. The summed E-state index contributed by atoms with van der Waals surface area (Å²) in [5.41, 5.74) is 3.40. The summed E-state index contributed by atoms with van der Waals surface area (Å²) in [6, 6.07) is 15.8. The van der Waals surface area contributed by atoms with Crippen LogP contribution in [0.15, 0.2) is 59.0 Å². The highest BCUT2D eigenvalue weighted by Crippen LogP contribution is 2.37. The molecule has 0 unspecified atom stereocenters. The molecule has 0 spiro atoms. The van der Waals surface area contributed by atoms with Gasteiger partial charge < -0.3 is 14.8 Å². The van der Waals surface area contributed by atoms with Crippen LogP contribution in [-0.4, -0.2) is 21.1 Å². The minimum atomic E-state index is -0.436. The Morgan fingerprint density at radius 3 is 2.77 bits per heavy atom. The lowest BCUT2D eigenvalue weighted by atomic mass is 10.1. The number of amides is 1. The van der Waals surface area contributed by atoms with Gasteiger partial charge in [-0.1, -0.05) is 42.3 Å². The number of phenolic OH excluding ortho intramolecular Hbond substituents is 1. The van der Waals surface area contributed by atoms with E-state index in [4.69, 9.17) is 39.8 Å². The molecule has 3 aromatic carbocycles. The van der Waals surface area contributed by atoms with Crippen molar-refractivity contribution in [2.45, 2.75) is 13.3 Å². The van der Waals surface area contributed by atoms with Crippen LogP contribution in [0.5, 0.6) is 5.75 Å². The number of nitrogens with one attached hydrogen (secondary N) is 2. The Kier molecular flexibility index (Phi) is 6.37. The maximum atomic E-state index is 12.8. The number of carbonyl (C=O) groups is 1. The molecular weight excluding hydrogens is 525 g/mol. The standard InChI is InChI=1S/C25H17Cl2N3O3S2/c1-2-12-3-8-19-17(9-12)29-24(33-19)16-11-14(5-7-18(16)31)28-25(34)30-23(32)22-21(27)15-6-4-13(26)10-20(15)35-22/h3-11,31H,2H2,1H3,(H2,28,30,32,34). The fourth-order valence-corrected chi connectivity index (χ4v) is 5.50. The van der Waals surface area contributed by atoms with Crippen molar-refractivity contribution >= 4 is 84.6 Å². The molecule has 5 rings (SSSR count). The van der Waals surface area contributed by atoms with Crippen LogP contribution in [0.3, 0.4) is 0 Å². The normalized spacial score (nSPS) is 11.2. The second-order valence-electron chi connectivity index (χ2n) is 7.70. The number of fused-ring (bicyclic) bond motifs is 2. The van der Waals surface area contributed by atoms with Crippen LogP contribution in [0.1, 0.15) is 22.2 Å². The van der Waals surface area contributed by atoms with Crippen molar-refractivity contribution in [1.82, 2.24) is 10.3 Å². The molecule has 1 amide bonds. The molecule has 0 aliphatic carbocycles. The van der Waals surface area contributed by atoms with Crippen molar-refractivity contribution in [1.29, 1.82) is 0 Å². The Morgan fingerprint density at radius 1 is 1.14 bits per heavy atom. The van der Waals surface area contributed by atoms with Gasteiger partial charge in [-0.2, -0.15) is 0 Å². The van der Waals surface area contributed by atoms with Gasteiger partial charge in [-0.3, -0.25) is 10.1 Å². The van der Waals surface area contributed by atoms with Crippen molar-refractivity contribution in [3.63, 3.8) is 0 Å². The fourth-order valence-electron chi connectivity index (χ4n) is 3.60. The zero-order chi connectivity index (χ0) is 24.7. The number of hydrogen-bond acceptors (Lipinski definition) is 6. The summed E-state index contributed by atoms with van der Waals surface area (Å²) in [7, 11) is 0. The lowest BCUT2D eigenvalue weighted by molar-refractivity contribution is 0.0982. The first-order valence-electron chi connectivity index (χ1n) is 10.5. The predicted molar refractivity (Wildman–Crippen MR) is 146 cm³/mol. The van der Waals surface area contributed by atoms with E-state index in [9.17, 15) is 9.90 Å². The number of rotatable bonds is 4. The SMILES string of the molecule is CCc1ccc2oc(-c3cc(NC(=S)NC(=O)c4sc5cc(Cl)ccc5c4Cl)ccc3O)nc2c1. The molecule has 0 aliphatic rings. The molecule has 2 aromatic heterocycles. The molecule has 0 bridgehead atoms. The molecule has 10 heteroatoms.